The molecule has 0 aliphatic heterocycles. The fraction of sp³-hybridized carbons (Fsp3) is 0.143. The highest BCUT2D eigenvalue weighted by atomic mass is 79.9. The van der Waals surface area contributed by atoms with Gasteiger partial charge in [-0.3, -0.25) is 9.20 Å². The van der Waals surface area contributed by atoms with Gasteiger partial charge < -0.3 is 4.74 Å². The predicted octanol–water partition coefficient (Wildman–Crippen LogP) is 4.04. The van der Waals surface area contributed by atoms with Crippen LogP contribution in [0.25, 0.3) is 16.2 Å². The molecule has 0 radical (unpaired) electrons. The third-order valence-electron chi connectivity index (χ3n) is 2.92. The number of carbonyl (C=O) groups is 1. The SMILES string of the molecule is CCOc1ccc(-c2nc3sccn3c2C=O)cc1Br. The monoisotopic (exact) mass is 350 g/mol. The smallest absolute Gasteiger partial charge is 0.194 e. The lowest BCUT2D eigenvalue weighted by molar-refractivity contribution is 0.111. The zero-order valence-electron chi connectivity index (χ0n) is 10.7. The molecule has 3 aromatic rings. The van der Waals surface area contributed by atoms with Crippen molar-refractivity contribution in [1.29, 1.82) is 0 Å². The van der Waals surface area contributed by atoms with E-state index in [1.54, 1.807) is 4.40 Å². The van der Waals surface area contributed by atoms with Crippen LogP contribution in [0.5, 0.6) is 5.75 Å². The van der Waals surface area contributed by atoms with Crippen molar-refractivity contribution < 1.29 is 9.53 Å². The van der Waals surface area contributed by atoms with Crippen LogP contribution < -0.4 is 4.74 Å². The van der Waals surface area contributed by atoms with Gasteiger partial charge in [-0.05, 0) is 41.1 Å². The van der Waals surface area contributed by atoms with Crippen LogP contribution in [0.15, 0.2) is 34.2 Å². The number of fused-ring (bicyclic) bond motifs is 1. The number of imidazole rings is 1. The van der Waals surface area contributed by atoms with Gasteiger partial charge in [0.1, 0.15) is 17.1 Å². The number of carbonyl (C=O) groups excluding carboxylic acids is 1. The van der Waals surface area contributed by atoms with Gasteiger partial charge in [-0.1, -0.05) is 0 Å². The van der Waals surface area contributed by atoms with Crippen LogP contribution in [-0.4, -0.2) is 22.3 Å². The number of aromatic nitrogens is 2. The van der Waals surface area contributed by atoms with Crippen molar-refractivity contribution in [2.75, 3.05) is 6.61 Å². The van der Waals surface area contributed by atoms with Crippen molar-refractivity contribution in [1.82, 2.24) is 9.38 Å². The molecule has 20 heavy (non-hydrogen) atoms. The molecule has 0 saturated carbocycles. The largest absolute Gasteiger partial charge is 0.493 e. The predicted molar refractivity (Wildman–Crippen MR) is 82.8 cm³/mol. The van der Waals surface area contributed by atoms with Gasteiger partial charge in [0.05, 0.1) is 11.1 Å². The summed E-state index contributed by atoms with van der Waals surface area (Å²) < 4.78 is 8.14. The Hall–Kier alpha value is -1.66. The van der Waals surface area contributed by atoms with Crippen molar-refractivity contribution in [3.8, 4) is 17.0 Å². The van der Waals surface area contributed by atoms with Crippen LogP contribution in [0.3, 0.4) is 0 Å². The first-order valence-electron chi connectivity index (χ1n) is 6.08. The van der Waals surface area contributed by atoms with E-state index in [2.05, 4.69) is 20.9 Å². The molecular formula is C14H11BrN2O2S. The minimum absolute atomic E-state index is 0.567. The number of ether oxygens (including phenoxy) is 1. The second kappa shape index (κ2) is 5.38. The minimum Gasteiger partial charge on any atom is -0.493 e. The van der Waals surface area contributed by atoms with Gasteiger partial charge in [-0.15, -0.1) is 11.3 Å². The number of hydrogen-bond donors (Lipinski definition) is 0. The average molecular weight is 351 g/mol. The summed E-state index contributed by atoms with van der Waals surface area (Å²) >= 11 is 4.99. The quantitative estimate of drug-likeness (QED) is 0.667. The second-order valence-electron chi connectivity index (χ2n) is 4.10. The Labute approximate surface area is 128 Å². The third-order valence-corrected chi connectivity index (χ3v) is 4.29. The second-order valence-corrected chi connectivity index (χ2v) is 5.82. The van der Waals surface area contributed by atoms with E-state index in [0.29, 0.717) is 18.0 Å². The summed E-state index contributed by atoms with van der Waals surface area (Å²) in [6.45, 7) is 2.55. The molecular weight excluding hydrogens is 340 g/mol. The van der Waals surface area contributed by atoms with Gasteiger partial charge >= 0.3 is 0 Å². The maximum absolute atomic E-state index is 11.3. The normalized spacial score (nSPS) is 10.9. The average Bonchev–Trinajstić information content (AvgIpc) is 3.01. The first kappa shape index (κ1) is 13.3. The number of nitrogens with zero attached hydrogens (tertiary/aromatic N) is 2. The molecule has 0 unspecified atom stereocenters. The van der Waals surface area contributed by atoms with E-state index in [9.17, 15) is 4.79 Å². The number of hydrogen-bond acceptors (Lipinski definition) is 4. The topological polar surface area (TPSA) is 43.6 Å². The molecule has 0 amide bonds. The molecule has 0 bridgehead atoms. The number of rotatable bonds is 4. The zero-order valence-corrected chi connectivity index (χ0v) is 13.1. The first-order chi connectivity index (χ1) is 9.74. The summed E-state index contributed by atoms with van der Waals surface area (Å²) in [5, 5.41) is 1.91. The Morgan fingerprint density at radius 2 is 2.35 bits per heavy atom. The molecule has 0 saturated heterocycles. The Balaban J connectivity index is 2.12. The first-order valence-corrected chi connectivity index (χ1v) is 7.75. The molecule has 0 aliphatic rings. The molecule has 0 aliphatic carbocycles. The number of halogens is 1. The lowest BCUT2D eigenvalue weighted by Gasteiger charge is -2.07. The van der Waals surface area contributed by atoms with Gasteiger partial charge in [0.25, 0.3) is 0 Å². The fourth-order valence-electron chi connectivity index (χ4n) is 2.05. The maximum atomic E-state index is 11.3. The molecule has 0 fully saturated rings. The van der Waals surface area contributed by atoms with E-state index in [1.807, 2.05) is 36.7 Å². The Morgan fingerprint density at radius 3 is 3.05 bits per heavy atom. The highest BCUT2D eigenvalue weighted by molar-refractivity contribution is 9.10. The van der Waals surface area contributed by atoms with Crippen molar-refractivity contribution in [2.45, 2.75) is 6.92 Å². The highest BCUT2D eigenvalue weighted by Crippen LogP contribution is 2.32. The van der Waals surface area contributed by atoms with Crippen molar-refractivity contribution in [2.24, 2.45) is 0 Å². The standard InChI is InChI=1S/C14H11BrN2O2S/c1-2-19-12-4-3-9(7-10(12)15)13-11(8-18)17-5-6-20-14(17)16-13/h3-8H,2H2,1H3. The summed E-state index contributed by atoms with van der Waals surface area (Å²) in [7, 11) is 0. The van der Waals surface area contributed by atoms with E-state index in [-0.39, 0.29) is 0 Å². The van der Waals surface area contributed by atoms with Crippen molar-refractivity contribution >= 4 is 38.5 Å². The van der Waals surface area contributed by atoms with Crippen LogP contribution >= 0.6 is 27.3 Å². The van der Waals surface area contributed by atoms with E-state index >= 15 is 0 Å². The summed E-state index contributed by atoms with van der Waals surface area (Å²) in [6, 6.07) is 5.71. The Bertz CT molecular complexity index is 779. The summed E-state index contributed by atoms with van der Waals surface area (Å²) in [5.74, 6) is 0.782. The minimum atomic E-state index is 0.567. The number of benzene rings is 1. The van der Waals surface area contributed by atoms with Crippen LogP contribution in [-0.2, 0) is 0 Å². The van der Waals surface area contributed by atoms with E-state index in [0.717, 1.165) is 27.0 Å². The molecule has 3 rings (SSSR count). The summed E-state index contributed by atoms with van der Waals surface area (Å²) in [4.78, 5) is 16.7. The number of thiazole rings is 1. The lowest BCUT2D eigenvalue weighted by atomic mass is 10.1. The third kappa shape index (κ3) is 2.14. The van der Waals surface area contributed by atoms with Crippen molar-refractivity contribution in [3.05, 3.63) is 39.9 Å². The van der Waals surface area contributed by atoms with Crippen molar-refractivity contribution in [3.63, 3.8) is 0 Å². The van der Waals surface area contributed by atoms with Gasteiger partial charge in [0, 0.05) is 17.1 Å². The van der Waals surface area contributed by atoms with E-state index in [4.69, 9.17) is 4.74 Å². The van der Waals surface area contributed by atoms with Gasteiger partial charge in [-0.25, -0.2) is 4.98 Å². The van der Waals surface area contributed by atoms with Crippen LogP contribution in [0.1, 0.15) is 17.4 Å². The molecule has 102 valence electrons. The van der Waals surface area contributed by atoms with Gasteiger partial charge in [0.15, 0.2) is 11.2 Å². The van der Waals surface area contributed by atoms with Gasteiger partial charge in [-0.2, -0.15) is 0 Å². The fourth-order valence-corrected chi connectivity index (χ4v) is 3.26. The Morgan fingerprint density at radius 1 is 1.50 bits per heavy atom. The van der Waals surface area contributed by atoms with Crippen LogP contribution in [0.4, 0.5) is 0 Å². The van der Waals surface area contributed by atoms with E-state index in [1.165, 1.54) is 11.3 Å². The van der Waals surface area contributed by atoms with E-state index < -0.39 is 0 Å². The van der Waals surface area contributed by atoms with Gasteiger partial charge in [0.2, 0.25) is 0 Å². The molecule has 6 heteroatoms. The molecule has 4 nitrogen and oxygen atoms in total. The molecule has 2 heterocycles. The summed E-state index contributed by atoms with van der Waals surface area (Å²) in [5.41, 5.74) is 2.14. The molecule has 2 aromatic heterocycles. The molecule has 0 atom stereocenters. The number of aldehydes is 1. The molecule has 0 N–H and O–H groups in total. The molecule has 1 aromatic carbocycles. The molecule has 0 spiro atoms. The maximum Gasteiger partial charge on any atom is 0.194 e. The Kier molecular flexibility index (Phi) is 3.58. The zero-order chi connectivity index (χ0) is 14.1. The van der Waals surface area contributed by atoms with Crippen LogP contribution in [0.2, 0.25) is 0 Å². The summed E-state index contributed by atoms with van der Waals surface area (Å²) in [6.07, 6.45) is 2.69. The highest BCUT2D eigenvalue weighted by Gasteiger charge is 2.15. The lowest BCUT2D eigenvalue weighted by Crippen LogP contribution is -1.94. The van der Waals surface area contributed by atoms with Crippen LogP contribution in [0, 0.1) is 0 Å².